The Labute approximate surface area is 158 Å². The molecule has 1 fully saturated rings. The molecule has 1 aliphatic carbocycles. The average Bonchev–Trinajstić information content (AvgIpc) is 3.26. The molecule has 0 bridgehead atoms. The maximum Gasteiger partial charge on any atom is 0.417 e. The monoisotopic (exact) mass is 398 g/mol. The Balaban J connectivity index is 1.41. The van der Waals surface area contributed by atoms with Gasteiger partial charge < -0.3 is 4.42 Å². The second-order valence-corrected chi connectivity index (χ2v) is 8.22. The summed E-state index contributed by atoms with van der Waals surface area (Å²) >= 11 is 0. The van der Waals surface area contributed by atoms with Crippen LogP contribution in [0.2, 0.25) is 0 Å². The molecule has 142 valence electrons. The second kappa shape index (κ2) is 6.02. The van der Waals surface area contributed by atoms with Crippen molar-refractivity contribution in [2.24, 2.45) is 0 Å². The van der Waals surface area contributed by atoms with Gasteiger partial charge in [-0.2, -0.15) is 0 Å². The van der Waals surface area contributed by atoms with Crippen molar-refractivity contribution < 1.29 is 12.8 Å². The maximum atomic E-state index is 12.6. The summed E-state index contributed by atoms with van der Waals surface area (Å²) in [5, 5.41) is 11.8. The zero-order chi connectivity index (χ0) is 19.3. The van der Waals surface area contributed by atoms with Crippen molar-refractivity contribution in [2.75, 3.05) is 4.72 Å². The zero-order valence-corrected chi connectivity index (χ0v) is 15.2. The lowest BCUT2D eigenvalue weighted by molar-refractivity contribution is 0.554. The van der Waals surface area contributed by atoms with Crippen molar-refractivity contribution in [3.05, 3.63) is 53.0 Å². The van der Waals surface area contributed by atoms with Crippen molar-refractivity contribution in [1.82, 2.24) is 25.2 Å². The summed E-state index contributed by atoms with van der Waals surface area (Å²) in [6.07, 6.45) is 2.11. The third-order valence-corrected chi connectivity index (χ3v) is 5.86. The Morgan fingerprint density at radius 2 is 1.93 bits per heavy atom. The average molecular weight is 398 g/mol. The molecule has 28 heavy (non-hydrogen) atoms. The van der Waals surface area contributed by atoms with Crippen LogP contribution in [-0.4, -0.2) is 33.6 Å². The summed E-state index contributed by atoms with van der Waals surface area (Å²) < 4.78 is 34.5. The van der Waals surface area contributed by atoms with Gasteiger partial charge in [0.1, 0.15) is 0 Å². The van der Waals surface area contributed by atoms with E-state index >= 15 is 0 Å². The van der Waals surface area contributed by atoms with E-state index in [4.69, 9.17) is 4.42 Å². The van der Waals surface area contributed by atoms with Gasteiger partial charge in [0.2, 0.25) is 0 Å². The van der Waals surface area contributed by atoms with Crippen LogP contribution in [0.1, 0.15) is 18.9 Å². The standard InChI is InChI=1S/C17H14N6O4S/c24-17-18-14-8-7-13(9-15(14)27-17)28(25,26)20-11-3-1-10(2-4-11)16-19-21-22-23(16)12-5-6-12/h1-4,7-9,12,20H,5-6H2,(H,18,24). The fourth-order valence-corrected chi connectivity index (χ4v) is 4.02. The first kappa shape index (κ1) is 16.7. The molecule has 10 nitrogen and oxygen atoms in total. The van der Waals surface area contributed by atoms with Gasteiger partial charge in [-0.25, -0.2) is 17.9 Å². The predicted molar refractivity (Wildman–Crippen MR) is 99.2 cm³/mol. The molecule has 0 atom stereocenters. The van der Waals surface area contributed by atoms with E-state index < -0.39 is 15.8 Å². The second-order valence-electron chi connectivity index (χ2n) is 6.53. The quantitative estimate of drug-likeness (QED) is 0.524. The lowest BCUT2D eigenvalue weighted by Gasteiger charge is -2.09. The number of aromatic amines is 1. The molecule has 5 rings (SSSR count). The molecule has 0 unspecified atom stereocenters. The number of sulfonamides is 1. The van der Waals surface area contributed by atoms with Gasteiger partial charge in [0.05, 0.1) is 16.5 Å². The molecule has 4 aromatic rings. The highest BCUT2D eigenvalue weighted by Gasteiger charge is 2.28. The molecule has 2 aromatic carbocycles. The maximum absolute atomic E-state index is 12.6. The van der Waals surface area contributed by atoms with Gasteiger partial charge in [0.15, 0.2) is 11.4 Å². The van der Waals surface area contributed by atoms with E-state index in [2.05, 4.69) is 25.2 Å². The van der Waals surface area contributed by atoms with Crippen LogP contribution in [0.15, 0.2) is 56.6 Å². The van der Waals surface area contributed by atoms with Crippen molar-refractivity contribution in [1.29, 1.82) is 0 Å². The minimum Gasteiger partial charge on any atom is -0.408 e. The highest BCUT2D eigenvalue weighted by atomic mass is 32.2. The Morgan fingerprint density at radius 3 is 2.68 bits per heavy atom. The number of tetrazole rings is 1. The van der Waals surface area contributed by atoms with Gasteiger partial charge in [0, 0.05) is 17.3 Å². The van der Waals surface area contributed by atoms with Crippen LogP contribution in [-0.2, 0) is 10.0 Å². The fraction of sp³-hybridized carbons (Fsp3) is 0.176. The van der Waals surface area contributed by atoms with Gasteiger partial charge in [-0.3, -0.25) is 9.71 Å². The molecular weight excluding hydrogens is 384 g/mol. The summed E-state index contributed by atoms with van der Waals surface area (Å²) in [6, 6.07) is 11.3. The first-order chi connectivity index (χ1) is 13.5. The number of oxazole rings is 1. The number of fused-ring (bicyclic) bond motifs is 1. The number of hydrogen-bond donors (Lipinski definition) is 2. The largest absolute Gasteiger partial charge is 0.417 e. The highest BCUT2D eigenvalue weighted by Crippen LogP contribution is 2.36. The first-order valence-corrected chi connectivity index (χ1v) is 10.0. The van der Waals surface area contributed by atoms with E-state index in [0.29, 0.717) is 23.1 Å². The number of H-pyrrole nitrogens is 1. The Kier molecular flexibility index (Phi) is 3.59. The molecule has 11 heteroatoms. The minimum atomic E-state index is -3.85. The van der Waals surface area contributed by atoms with Gasteiger partial charge in [0.25, 0.3) is 10.0 Å². The molecule has 0 spiro atoms. The van der Waals surface area contributed by atoms with Crippen LogP contribution in [0.25, 0.3) is 22.5 Å². The smallest absolute Gasteiger partial charge is 0.408 e. The van der Waals surface area contributed by atoms with E-state index in [-0.39, 0.29) is 10.5 Å². The van der Waals surface area contributed by atoms with Crippen LogP contribution in [0, 0.1) is 0 Å². The molecule has 0 radical (unpaired) electrons. The summed E-state index contributed by atoms with van der Waals surface area (Å²) in [4.78, 5) is 13.7. The van der Waals surface area contributed by atoms with Crippen LogP contribution in [0.5, 0.6) is 0 Å². The Bertz CT molecular complexity index is 1330. The van der Waals surface area contributed by atoms with Crippen LogP contribution in [0.4, 0.5) is 5.69 Å². The van der Waals surface area contributed by atoms with Gasteiger partial charge in [-0.05, 0) is 59.7 Å². The van der Waals surface area contributed by atoms with Gasteiger partial charge >= 0.3 is 5.76 Å². The normalized spacial score (nSPS) is 14.4. The van der Waals surface area contributed by atoms with Gasteiger partial charge in [-0.15, -0.1) is 5.10 Å². The molecule has 2 heterocycles. The fourth-order valence-electron chi connectivity index (χ4n) is 2.94. The van der Waals surface area contributed by atoms with Crippen molar-refractivity contribution in [2.45, 2.75) is 23.8 Å². The van der Waals surface area contributed by atoms with E-state index in [9.17, 15) is 13.2 Å². The lowest BCUT2D eigenvalue weighted by atomic mass is 10.2. The number of hydrogen-bond acceptors (Lipinski definition) is 7. The number of nitrogens with one attached hydrogen (secondary N) is 2. The number of anilines is 1. The van der Waals surface area contributed by atoms with Crippen molar-refractivity contribution >= 4 is 26.8 Å². The van der Waals surface area contributed by atoms with Crippen LogP contribution < -0.4 is 10.5 Å². The molecule has 1 aliphatic rings. The molecular formula is C17H14N6O4S. The van der Waals surface area contributed by atoms with Gasteiger partial charge in [-0.1, -0.05) is 0 Å². The minimum absolute atomic E-state index is 0.00972. The third-order valence-electron chi connectivity index (χ3n) is 4.48. The van der Waals surface area contributed by atoms with Crippen molar-refractivity contribution in [3.63, 3.8) is 0 Å². The van der Waals surface area contributed by atoms with Crippen LogP contribution >= 0.6 is 0 Å². The molecule has 0 amide bonds. The number of benzene rings is 2. The number of rotatable bonds is 5. The molecule has 0 saturated heterocycles. The van der Waals surface area contributed by atoms with E-state index in [1.54, 1.807) is 28.9 Å². The summed E-state index contributed by atoms with van der Waals surface area (Å²) in [5.74, 6) is 0.0199. The number of nitrogens with zero attached hydrogens (tertiary/aromatic N) is 4. The van der Waals surface area contributed by atoms with E-state index in [1.807, 2.05) is 0 Å². The summed E-state index contributed by atoms with van der Waals surface area (Å²) in [7, 11) is -3.85. The predicted octanol–water partition coefficient (Wildman–Crippen LogP) is 1.91. The summed E-state index contributed by atoms with van der Waals surface area (Å²) in [6.45, 7) is 0. The van der Waals surface area contributed by atoms with Crippen molar-refractivity contribution in [3.8, 4) is 11.4 Å². The SMILES string of the molecule is O=c1[nH]c2ccc(S(=O)(=O)Nc3ccc(-c4nnnn4C4CC4)cc3)cc2o1. The molecule has 2 N–H and O–H groups in total. The highest BCUT2D eigenvalue weighted by molar-refractivity contribution is 7.92. The molecule has 1 saturated carbocycles. The van der Waals surface area contributed by atoms with E-state index in [0.717, 1.165) is 18.4 Å². The number of aromatic nitrogens is 5. The Hall–Kier alpha value is -3.47. The topological polar surface area (TPSA) is 136 Å². The lowest BCUT2D eigenvalue weighted by Crippen LogP contribution is -2.12. The van der Waals surface area contributed by atoms with Crippen LogP contribution in [0.3, 0.4) is 0 Å². The first-order valence-electron chi connectivity index (χ1n) is 8.54. The molecule has 0 aliphatic heterocycles. The summed E-state index contributed by atoms with van der Waals surface area (Å²) in [5.41, 5.74) is 1.80. The third kappa shape index (κ3) is 2.95. The molecule has 2 aromatic heterocycles. The zero-order valence-electron chi connectivity index (χ0n) is 14.4. The Morgan fingerprint density at radius 1 is 1.14 bits per heavy atom. The van der Waals surface area contributed by atoms with E-state index in [1.165, 1.54) is 18.2 Å².